The van der Waals surface area contributed by atoms with Crippen molar-refractivity contribution < 1.29 is 9.18 Å². The number of hydrogen-bond acceptors (Lipinski definition) is 4. The molecule has 1 unspecified atom stereocenters. The van der Waals surface area contributed by atoms with Crippen molar-refractivity contribution in [3.05, 3.63) is 52.9 Å². The van der Waals surface area contributed by atoms with Crippen LogP contribution in [0.1, 0.15) is 41.7 Å². The van der Waals surface area contributed by atoms with Gasteiger partial charge in [-0.1, -0.05) is 12.1 Å². The summed E-state index contributed by atoms with van der Waals surface area (Å²) < 4.78 is 15.6. The highest BCUT2D eigenvalue weighted by molar-refractivity contribution is 5.81. The number of nitrogens with zero attached hydrogens (tertiary/aromatic N) is 4. The maximum Gasteiger partial charge on any atom is 0.239 e. The topological polar surface area (TPSA) is 67.4 Å². The third-order valence-electron chi connectivity index (χ3n) is 5.98. The smallest absolute Gasteiger partial charge is 0.239 e. The highest BCUT2D eigenvalue weighted by Crippen LogP contribution is 2.25. The minimum atomic E-state index is -0.507. The Bertz CT molecular complexity index is 839. The number of benzene rings is 1. The Morgan fingerprint density at radius 3 is 2.54 bits per heavy atom. The van der Waals surface area contributed by atoms with Crippen molar-refractivity contribution in [2.75, 3.05) is 26.2 Å². The molecule has 1 fully saturated rings. The highest BCUT2D eigenvalue weighted by Gasteiger charge is 2.30. The standard InChI is InChI=1S/C21H28FN5O/c1-15-18(27-9-3-2-4-19(27)24-15)14-25-10-12-26(13-11-25)20(21(23)28)16-5-7-17(22)8-6-16/h5-8,20H,2-4,9-14H2,1H3,(H2,23,28). The first kappa shape index (κ1) is 19.1. The molecule has 0 saturated carbocycles. The number of fused-ring (bicyclic) bond motifs is 1. The van der Waals surface area contributed by atoms with E-state index in [-0.39, 0.29) is 11.7 Å². The molecule has 1 amide bonds. The Morgan fingerprint density at radius 2 is 1.86 bits per heavy atom. The Kier molecular flexibility index (Phi) is 5.46. The molecule has 7 heteroatoms. The van der Waals surface area contributed by atoms with E-state index in [1.165, 1.54) is 36.5 Å². The van der Waals surface area contributed by atoms with Gasteiger partial charge in [0.1, 0.15) is 17.7 Å². The zero-order valence-corrected chi connectivity index (χ0v) is 16.4. The van der Waals surface area contributed by atoms with Crippen LogP contribution in [0, 0.1) is 12.7 Å². The van der Waals surface area contributed by atoms with Gasteiger partial charge in [0.25, 0.3) is 0 Å². The molecule has 2 N–H and O–H groups in total. The van der Waals surface area contributed by atoms with Gasteiger partial charge in [0, 0.05) is 45.7 Å². The number of aryl methyl sites for hydroxylation is 2. The zero-order chi connectivity index (χ0) is 19.7. The Balaban J connectivity index is 1.42. The normalized spacial score (nSPS) is 19.4. The van der Waals surface area contributed by atoms with E-state index in [9.17, 15) is 9.18 Å². The van der Waals surface area contributed by atoms with Crippen molar-refractivity contribution in [3.63, 3.8) is 0 Å². The van der Waals surface area contributed by atoms with Crippen molar-refractivity contribution in [1.82, 2.24) is 19.4 Å². The van der Waals surface area contributed by atoms with Crippen molar-refractivity contribution in [2.24, 2.45) is 5.73 Å². The molecule has 1 saturated heterocycles. The summed E-state index contributed by atoms with van der Waals surface area (Å²) in [5.41, 5.74) is 8.90. The van der Waals surface area contributed by atoms with Gasteiger partial charge in [-0.2, -0.15) is 0 Å². The first-order valence-electron chi connectivity index (χ1n) is 10.1. The van der Waals surface area contributed by atoms with E-state index in [1.54, 1.807) is 12.1 Å². The molecule has 1 atom stereocenters. The molecular formula is C21H28FN5O. The summed E-state index contributed by atoms with van der Waals surface area (Å²) in [5.74, 6) is 0.527. The van der Waals surface area contributed by atoms with Gasteiger partial charge in [0.15, 0.2) is 0 Å². The number of hydrogen-bond donors (Lipinski definition) is 1. The van der Waals surface area contributed by atoms with Crippen molar-refractivity contribution in [3.8, 4) is 0 Å². The van der Waals surface area contributed by atoms with Crippen LogP contribution in [0.5, 0.6) is 0 Å². The lowest BCUT2D eigenvalue weighted by Crippen LogP contribution is -2.50. The quantitative estimate of drug-likeness (QED) is 0.855. The largest absolute Gasteiger partial charge is 0.368 e. The maximum atomic E-state index is 13.2. The lowest BCUT2D eigenvalue weighted by molar-refractivity contribution is -0.124. The van der Waals surface area contributed by atoms with Crippen LogP contribution in [-0.2, 0) is 24.3 Å². The van der Waals surface area contributed by atoms with E-state index in [0.717, 1.165) is 56.9 Å². The van der Waals surface area contributed by atoms with E-state index in [4.69, 9.17) is 10.7 Å². The van der Waals surface area contributed by atoms with Gasteiger partial charge in [-0.3, -0.25) is 14.6 Å². The molecule has 4 rings (SSSR count). The first-order valence-corrected chi connectivity index (χ1v) is 10.1. The molecule has 0 spiro atoms. The second kappa shape index (κ2) is 8.01. The van der Waals surface area contributed by atoms with Gasteiger partial charge in [-0.25, -0.2) is 9.37 Å². The number of carbonyl (C=O) groups is 1. The minimum absolute atomic E-state index is 0.309. The van der Waals surface area contributed by atoms with Gasteiger partial charge in [-0.15, -0.1) is 0 Å². The van der Waals surface area contributed by atoms with Gasteiger partial charge in [0.2, 0.25) is 5.91 Å². The van der Waals surface area contributed by atoms with Crippen LogP contribution in [0.2, 0.25) is 0 Å². The van der Waals surface area contributed by atoms with Crippen LogP contribution in [0.3, 0.4) is 0 Å². The number of rotatable bonds is 5. The second-order valence-corrected chi connectivity index (χ2v) is 7.84. The molecule has 0 aliphatic carbocycles. The zero-order valence-electron chi connectivity index (χ0n) is 16.4. The molecule has 1 aromatic heterocycles. The molecule has 2 aliphatic heterocycles. The summed E-state index contributed by atoms with van der Waals surface area (Å²) in [5, 5.41) is 0. The number of amides is 1. The van der Waals surface area contributed by atoms with E-state index in [1.807, 2.05) is 0 Å². The highest BCUT2D eigenvalue weighted by atomic mass is 19.1. The first-order chi connectivity index (χ1) is 13.5. The number of primary amides is 1. The molecule has 3 heterocycles. The fraction of sp³-hybridized carbons (Fsp3) is 0.524. The van der Waals surface area contributed by atoms with E-state index >= 15 is 0 Å². The number of halogens is 1. The van der Waals surface area contributed by atoms with E-state index in [2.05, 4.69) is 21.3 Å². The summed E-state index contributed by atoms with van der Waals surface area (Å²) >= 11 is 0. The van der Waals surface area contributed by atoms with Gasteiger partial charge in [-0.05, 0) is 37.5 Å². The Hall–Kier alpha value is -2.25. The molecule has 0 bridgehead atoms. The lowest BCUT2D eigenvalue weighted by Gasteiger charge is -2.38. The third kappa shape index (κ3) is 3.82. The summed E-state index contributed by atoms with van der Waals surface area (Å²) in [6.45, 7) is 7.31. The van der Waals surface area contributed by atoms with Gasteiger partial charge < -0.3 is 10.3 Å². The summed E-state index contributed by atoms with van der Waals surface area (Å²) in [4.78, 5) is 21.4. The minimum Gasteiger partial charge on any atom is -0.368 e. The molecule has 1 aromatic carbocycles. The molecule has 0 radical (unpaired) electrons. The molecule has 6 nitrogen and oxygen atoms in total. The van der Waals surface area contributed by atoms with Gasteiger partial charge in [0.05, 0.1) is 11.4 Å². The fourth-order valence-corrected chi connectivity index (χ4v) is 4.47. The van der Waals surface area contributed by atoms with Crippen LogP contribution >= 0.6 is 0 Å². The third-order valence-corrected chi connectivity index (χ3v) is 5.98. The average Bonchev–Trinajstić information content (AvgIpc) is 3.00. The van der Waals surface area contributed by atoms with E-state index in [0.29, 0.717) is 0 Å². The summed E-state index contributed by atoms with van der Waals surface area (Å²) in [7, 11) is 0. The fourth-order valence-electron chi connectivity index (χ4n) is 4.47. The van der Waals surface area contributed by atoms with Gasteiger partial charge >= 0.3 is 0 Å². The SMILES string of the molecule is Cc1nc2n(c1CN1CCN(C(C(N)=O)c3ccc(F)cc3)CC1)CCCC2. The Labute approximate surface area is 165 Å². The van der Waals surface area contributed by atoms with Crippen LogP contribution in [-0.4, -0.2) is 51.4 Å². The number of nitrogens with two attached hydrogens (primary N) is 1. The van der Waals surface area contributed by atoms with E-state index < -0.39 is 6.04 Å². The van der Waals surface area contributed by atoms with Crippen molar-refractivity contribution in [2.45, 2.75) is 45.3 Å². The van der Waals surface area contributed by atoms with Crippen LogP contribution in [0.15, 0.2) is 24.3 Å². The number of piperazine rings is 1. The monoisotopic (exact) mass is 385 g/mol. The number of carbonyl (C=O) groups excluding carboxylic acids is 1. The Morgan fingerprint density at radius 1 is 1.14 bits per heavy atom. The predicted octanol–water partition coefficient (Wildman–Crippen LogP) is 2.01. The molecule has 150 valence electrons. The lowest BCUT2D eigenvalue weighted by atomic mass is 10.0. The number of imidazole rings is 1. The van der Waals surface area contributed by atoms with Crippen LogP contribution in [0.25, 0.3) is 0 Å². The molecule has 28 heavy (non-hydrogen) atoms. The molecule has 2 aromatic rings. The van der Waals surface area contributed by atoms with Crippen molar-refractivity contribution in [1.29, 1.82) is 0 Å². The summed E-state index contributed by atoms with van der Waals surface area (Å²) in [6.07, 6.45) is 3.53. The summed E-state index contributed by atoms with van der Waals surface area (Å²) in [6, 6.07) is 5.56. The average molecular weight is 385 g/mol. The van der Waals surface area contributed by atoms with Crippen LogP contribution < -0.4 is 5.73 Å². The number of aromatic nitrogens is 2. The van der Waals surface area contributed by atoms with Crippen molar-refractivity contribution >= 4 is 5.91 Å². The second-order valence-electron chi connectivity index (χ2n) is 7.84. The molecule has 2 aliphatic rings. The maximum absolute atomic E-state index is 13.2. The predicted molar refractivity (Wildman–Crippen MR) is 105 cm³/mol. The molecular weight excluding hydrogens is 357 g/mol. The van der Waals surface area contributed by atoms with Crippen LogP contribution in [0.4, 0.5) is 4.39 Å².